The van der Waals surface area contributed by atoms with Gasteiger partial charge < -0.3 is 9.84 Å². The number of halogens is 1. The standard InChI is InChI=1S/C15H20FNO3/c1-3-15(14(18)19)7-4-8-17(15)10-11-5-6-13(20-2)12(16)9-11/h5-6,9H,3-4,7-8,10H2,1-2H3,(H,18,19). The minimum atomic E-state index is -0.809. The average Bonchev–Trinajstić information content (AvgIpc) is 2.83. The van der Waals surface area contributed by atoms with E-state index in [0.29, 0.717) is 19.4 Å². The summed E-state index contributed by atoms with van der Waals surface area (Å²) in [5.41, 5.74) is -0.0413. The van der Waals surface area contributed by atoms with E-state index in [1.54, 1.807) is 12.1 Å². The first-order valence-corrected chi connectivity index (χ1v) is 6.84. The van der Waals surface area contributed by atoms with Crippen molar-refractivity contribution in [3.05, 3.63) is 29.6 Å². The number of methoxy groups -OCH3 is 1. The highest BCUT2D eigenvalue weighted by atomic mass is 19.1. The maximum Gasteiger partial charge on any atom is 0.324 e. The van der Waals surface area contributed by atoms with Gasteiger partial charge in [0.15, 0.2) is 11.6 Å². The molecule has 1 unspecified atom stereocenters. The van der Waals surface area contributed by atoms with Gasteiger partial charge in [0.1, 0.15) is 5.54 Å². The van der Waals surface area contributed by atoms with Crippen LogP contribution in [0.3, 0.4) is 0 Å². The van der Waals surface area contributed by atoms with Crippen molar-refractivity contribution in [3.8, 4) is 5.75 Å². The maximum atomic E-state index is 13.7. The molecule has 5 heteroatoms. The summed E-state index contributed by atoms with van der Waals surface area (Å²) in [5, 5.41) is 9.51. The Balaban J connectivity index is 2.20. The molecule has 2 rings (SSSR count). The predicted molar refractivity (Wildman–Crippen MR) is 73.3 cm³/mol. The topological polar surface area (TPSA) is 49.8 Å². The molecular weight excluding hydrogens is 261 g/mol. The molecule has 0 spiro atoms. The molecule has 0 amide bonds. The normalized spacial score (nSPS) is 22.9. The number of carboxylic acid groups (broad SMARTS) is 1. The van der Waals surface area contributed by atoms with Crippen LogP contribution in [0.15, 0.2) is 18.2 Å². The first-order chi connectivity index (χ1) is 9.53. The van der Waals surface area contributed by atoms with E-state index < -0.39 is 17.3 Å². The quantitative estimate of drug-likeness (QED) is 0.901. The molecule has 1 aromatic carbocycles. The van der Waals surface area contributed by atoms with Gasteiger partial charge in [0.2, 0.25) is 0 Å². The van der Waals surface area contributed by atoms with Crippen LogP contribution in [0.4, 0.5) is 4.39 Å². The van der Waals surface area contributed by atoms with Gasteiger partial charge in [0.25, 0.3) is 0 Å². The first kappa shape index (κ1) is 14.8. The third-order valence-electron chi connectivity index (χ3n) is 4.20. The third-order valence-corrected chi connectivity index (χ3v) is 4.20. The van der Waals surface area contributed by atoms with Crippen molar-refractivity contribution in [2.45, 2.75) is 38.3 Å². The van der Waals surface area contributed by atoms with Crippen molar-refractivity contribution in [3.63, 3.8) is 0 Å². The van der Waals surface area contributed by atoms with E-state index in [-0.39, 0.29) is 5.75 Å². The molecule has 4 nitrogen and oxygen atoms in total. The van der Waals surface area contributed by atoms with Crippen molar-refractivity contribution >= 4 is 5.97 Å². The van der Waals surface area contributed by atoms with Crippen LogP contribution in [0.25, 0.3) is 0 Å². The van der Waals surface area contributed by atoms with Gasteiger partial charge in [-0.25, -0.2) is 4.39 Å². The summed E-state index contributed by atoms with van der Waals surface area (Å²) in [6, 6.07) is 4.77. The Bertz CT molecular complexity index is 506. The van der Waals surface area contributed by atoms with Gasteiger partial charge in [-0.2, -0.15) is 0 Å². The van der Waals surface area contributed by atoms with Crippen LogP contribution in [0.5, 0.6) is 5.75 Å². The highest BCUT2D eigenvalue weighted by Gasteiger charge is 2.45. The average molecular weight is 281 g/mol. The summed E-state index contributed by atoms with van der Waals surface area (Å²) in [4.78, 5) is 13.5. The number of rotatable bonds is 5. The second kappa shape index (κ2) is 5.79. The number of benzene rings is 1. The van der Waals surface area contributed by atoms with Crippen molar-refractivity contribution in [1.82, 2.24) is 4.90 Å². The molecule has 0 aromatic heterocycles. The lowest BCUT2D eigenvalue weighted by Crippen LogP contribution is -2.49. The zero-order chi connectivity index (χ0) is 14.8. The van der Waals surface area contributed by atoms with Crippen LogP contribution < -0.4 is 4.74 Å². The third kappa shape index (κ3) is 2.50. The minimum Gasteiger partial charge on any atom is -0.494 e. The fourth-order valence-corrected chi connectivity index (χ4v) is 2.99. The Morgan fingerprint density at radius 3 is 2.85 bits per heavy atom. The number of aliphatic carboxylic acids is 1. The Morgan fingerprint density at radius 1 is 1.55 bits per heavy atom. The molecule has 0 aliphatic carbocycles. The summed E-state index contributed by atoms with van der Waals surface area (Å²) in [6.45, 7) is 3.07. The second-order valence-electron chi connectivity index (χ2n) is 5.18. The molecule has 0 bridgehead atoms. The Kier molecular flexibility index (Phi) is 4.28. The van der Waals surface area contributed by atoms with E-state index in [2.05, 4.69) is 0 Å². The van der Waals surface area contributed by atoms with Crippen LogP contribution in [-0.4, -0.2) is 35.2 Å². The lowest BCUT2D eigenvalue weighted by Gasteiger charge is -2.33. The molecule has 20 heavy (non-hydrogen) atoms. The van der Waals surface area contributed by atoms with Crippen LogP contribution in [0, 0.1) is 5.82 Å². The number of carboxylic acids is 1. The van der Waals surface area contributed by atoms with E-state index in [4.69, 9.17) is 4.74 Å². The van der Waals surface area contributed by atoms with Crippen LogP contribution in [-0.2, 0) is 11.3 Å². The van der Waals surface area contributed by atoms with Crippen LogP contribution >= 0.6 is 0 Å². The van der Waals surface area contributed by atoms with Crippen molar-refractivity contribution in [2.24, 2.45) is 0 Å². The molecule has 1 N–H and O–H groups in total. The van der Waals surface area contributed by atoms with Gasteiger partial charge in [-0.15, -0.1) is 0 Å². The number of likely N-dealkylation sites (tertiary alicyclic amines) is 1. The summed E-state index contributed by atoms with van der Waals surface area (Å²) in [6.07, 6.45) is 2.07. The summed E-state index contributed by atoms with van der Waals surface area (Å²) < 4.78 is 18.6. The zero-order valence-corrected chi connectivity index (χ0v) is 11.9. The lowest BCUT2D eigenvalue weighted by atomic mass is 9.92. The molecule has 1 fully saturated rings. The number of ether oxygens (including phenoxy) is 1. The van der Waals surface area contributed by atoms with Crippen molar-refractivity contribution in [1.29, 1.82) is 0 Å². The molecule has 1 aliphatic heterocycles. The Morgan fingerprint density at radius 2 is 2.30 bits per heavy atom. The second-order valence-corrected chi connectivity index (χ2v) is 5.18. The van der Waals surface area contributed by atoms with E-state index in [1.807, 2.05) is 11.8 Å². The SMILES string of the molecule is CCC1(C(=O)O)CCCN1Cc1ccc(OC)c(F)c1. The molecule has 1 heterocycles. The highest BCUT2D eigenvalue weighted by molar-refractivity contribution is 5.79. The molecular formula is C15H20FNO3. The molecule has 1 aromatic rings. The van der Waals surface area contributed by atoms with E-state index in [0.717, 1.165) is 18.5 Å². The molecule has 110 valence electrons. The minimum absolute atomic E-state index is 0.204. The van der Waals surface area contributed by atoms with Crippen molar-refractivity contribution < 1.29 is 19.0 Å². The summed E-state index contributed by atoms with van der Waals surface area (Å²) in [7, 11) is 1.42. The number of hydrogen-bond donors (Lipinski definition) is 1. The number of hydrogen-bond acceptors (Lipinski definition) is 3. The largest absolute Gasteiger partial charge is 0.494 e. The maximum absolute atomic E-state index is 13.7. The summed E-state index contributed by atoms with van der Waals surface area (Å²) in [5.74, 6) is -0.997. The zero-order valence-electron chi connectivity index (χ0n) is 11.9. The van der Waals surface area contributed by atoms with Gasteiger partial charge in [-0.1, -0.05) is 13.0 Å². The predicted octanol–water partition coefficient (Wildman–Crippen LogP) is 2.66. The summed E-state index contributed by atoms with van der Waals surface area (Å²) >= 11 is 0. The monoisotopic (exact) mass is 281 g/mol. The Labute approximate surface area is 118 Å². The van der Waals surface area contributed by atoms with Crippen LogP contribution in [0.2, 0.25) is 0 Å². The van der Waals surface area contributed by atoms with E-state index in [1.165, 1.54) is 13.2 Å². The van der Waals surface area contributed by atoms with Gasteiger partial charge in [0.05, 0.1) is 7.11 Å². The van der Waals surface area contributed by atoms with E-state index in [9.17, 15) is 14.3 Å². The number of nitrogens with zero attached hydrogens (tertiary/aromatic N) is 1. The molecule has 1 saturated heterocycles. The highest BCUT2D eigenvalue weighted by Crippen LogP contribution is 2.34. The molecule has 0 saturated carbocycles. The molecule has 1 atom stereocenters. The Hall–Kier alpha value is -1.62. The van der Waals surface area contributed by atoms with Gasteiger partial charge in [-0.3, -0.25) is 9.69 Å². The first-order valence-electron chi connectivity index (χ1n) is 6.84. The van der Waals surface area contributed by atoms with Gasteiger partial charge in [0, 0.05) is 6.54 Å². The molecule has 0 radical (unpaired) electrons. The van der Waals surface area contributed by atoms with Crippen molar-refractivity contribution in [2.75, 3.05) is 13.7 Å². The van der Waals surface area contributed by atoms with Gasteiger partial charge >= 0.3 is 5.97 Å². The smallest absolute Gasteiger partial charge is 0.324 e. The van der Waals surface area contributed by atoms with Crippen LogP contribution in [0.1, 0.15) is 31.7 Å². The lowest BCUT2D eigenvalue weighted by molar-refractivity contribution is -0.150. The van der Waals surface area contributed by atoms with Gasteiger partial charge in [-0.05, 0) is 43.5 Å². The van der Waals surface area contributed by atoms with E-state index >= 15 is 0 Å². The fourth-order valence-electron chi connectivity index (χ4n) is 2.99. The number of carbonyl (C=O) groups is 1. The molecule has 1 aliphatic rings. The fraction of sp³-hybridized carbons (Fsp3) is 0.533.